The van der Waals surface area contributed by atoms with Crippen molar-refractivity contribution in [3.05, 3.63) is 95.4 Å². The van der Waals surface area contributed by atoms with Gasteiger partial charge in [0.25, 0.3) is 11.8 Å². The second-order valence-corrected chi connectivity index (χ2v) is 7.38. The molecule has 154 valence electrons. The van der Waals surface area contributed by atoms with Crippen LogP contribution in [0.1, 0.15) is 20.9 Å². The lowest BCUT2D eigenvalue weighted by Crippen LogP contribution is -2.34. The lowest BCUT2D eigenvalue weighted by atomic mass is 10.0. The molecule has 0 fully saturated rings. The van der Waals surface area contributed by atoms with Crippen LogP contribution in [0.4, 0.5) is 11.4 Å². The number of hydrogen-bond acceptors (Lipinski definition) is 4. The van der Waals surface area contributed by atoms with Crippen LogP contribution in [0, 0.1) is 0 Å². The normalized spacial score (nSPS) is 10.5. The van der Waals surface area contributed by atoms with Crippen LogP contribution in [0.15, 0.2) is 83.5 Å². The summed E-state index contributed by atoms with van der Waals surface area (Å²) in [4.78, 5) is 24.9. The van der Waals surface area contributed by atoms with Gasteiger partial charge >= 0.3 is 0 Å². The van der Waals surface area contributed by atoms with E-state index >= 15 is 0 Å². The smallest absolute Gasteiger partial charge is 0.291 e. The van der Waals surface area contributed by atoms with Gasteiger partial charge in [0.15, 0.2) is 10.9 Å². The number of rotatable bonds is 4. The third-order valence-corrected chi connectivity index (χ3v) is 5.00. The first kappa shape index (κ1) is 20.6. The Morgan fingerprint density at radius 2 is 1.52 bits per heavy atom. The molecule has 0 saturated heterocycles. The van der Waals surface area contributed by atoms with Gasteiger partial charge in [0.2, 0.25) is 0 Å². The first-order valence-corrected chi connectivity index (χ1v) is 10.0. The molecule has 0 aliphatic rings. The number of amides is 2. The molecule has 3 N–H and O–H groups in total. The fourth-order valence-electron chi connectivity index (χ4n) is 3.08. The number of halogens is 1. The average molecular weight is 450 g/mol. The van der Waals surface area contributed by atoms with Gasteiger partial charge in [-0.25, -0.2) is 0 Å². The minimum absolute atomic E-state index is 0.124. The average Bonchev–Trinajstić information content (AvgIpc) is 3.29. The van der Waals surface area contributed by atoms with E-state index in [1.807, 2.05) is 12.1 Å². The molecule has 3 aromatic carbocycles. The molecule has 2 amide bonds. The fraction of sp³-hybridized carbons (Fsp3) is 0. The summed E-state index contributed by atoms with van der Waals surface area (Å²) >= 11 is 11.5. The molecule has 0 radical (unpaired) electrons. The zero-order chi connectivity index (χ0) is 21.8. The second-order valence-electron chi connectivity index (χ2n) is 6.56. The van der Waals surface area contributed by atoms with Gasteiger partial charge < -0.3 is 15.1 Å². The zero-order valence-corrected chi connectivity index (χ0v) is 17.6. The van der Waals surface area contributed by atoms with Crippen LogP contribution in [-0.4, -0.2) is 16.9 Å². The molecular weight excluding hydrogens is 434 g/mol. The number of carbonyl (C=O) groups is 2. The van der Waals surface area contributed by atoms with E-state index in [1.165, 1.54) is 6.26 Å². The van der Waals surface area contributed by atoms with Crippen molar-refractivity contribution in [2.75, 3.05) is 10.6 Å². The van der Waals surface area contributed by atoms with E-state index in [-0.39, 0.29) is 22.7 Å². The molecule has 0 atom stereocenters. The molecule has 4 aromatic rings. The quantitative estimate of drug-likeness (QED) is 0.360. The van der Waals surface area contributed by atoms with Crippen LogP contribution >= 0.6 is 23.8 Å². The summed E-state index contributed by atoms with van der Waals surface area (Å²) in [5.74, 6) is -0.517. The van der Waals surface area contributed by atoms with Gasteiger partial charge in [0, 0.05) is 27.3 Å². The van der Waals surface area contributed by atoms with Crippen molar-refractivity contribution in [1.29, 1.82) is 0 Å². The highest BCUT2D eigenvalue weighted by atomic mass is 35.5. The Morgan fingerprint density at radius 1 is 0.806 bits per heavy atom. The molecule has 0 spiro atoms. The SMILES string of the molecule is O=C(Nc1cccc(NC(=S)NC(=O)c2cccc3c(Cl)cccc23)c1)c1ccco1. The summed E-state index contributed by atoms with van der Waals surface area (Å²) in [5.41, 5.74) is 1.61. The third kappa shape index (κ3) is 4.74. The summed E-state index contributed by atoms with van der Waals surface area (Å²) in [5, 5.41) is 10.6. The summed E-state index contributed by atoms with van der Waals surface area (Å²) in [7, 11) is 0. The number of carbonyl (C=O) groups excluding carboxylic acids is 2. The highest BCUT2D eigenvalue weighted by molar-refractivity contribution is 7.80. The van der Waals surface area contributed by atoms with E-state index in [9.17, 15) is 9.59 Å². The van der Waals surface area contributed by atoms with Gasteiger partial charge in [-0.2, -0.15) is 0 Å². The van der Waals surface area contributed by atoms with Crippen molar-refractivity contribution < 1.29 is 14.0 Å². The van der Waals surface area contributed by atoms with Crippen molar-refractivity contribution in [3.63, 3.8) is 0 Å². The summed E-state index contributed by atoms with van der Waals surface area (Å²) in [6, 6.07) is 20.9. The van der Waals surface area contributed by atoms with Crippen molar-refractivity contribution in [3.8, 4) is 0 Å². The van der Waals surface area contributed by atoms with E-state index in [4.69, 9.17) is 28.2 Å². The minimum Gasteiger partial charge on any atom is -0.459 e. The molecule has 8 heteroatoms. The maximum absolute atomic E-state index is 12.8. The predicted octanol–water partition coefficient (Wildman–Crippen LogP) is 5.47. The number of hydrogen-bond donors (Lipinski definition) is 3. The van der Waals surface area contributed by atoms with Crippen molar-refractivity contribution in [2.45, 2.75) is 0 Å². The predicted molar refractivity (Wildman–Crippen MR) is 126 cm³/mol. The van der Waals surface area contributed by atoms with Gasteiger partial charge in [-0.15, -0.1) is 0 Å². The van der Waals surface area contributed by atoms with E-state index in [1.54, 1.807) is 60.7 Å². The van der Waals surface area contributed by atoms with Crippen LogP contribution in [0.5, 0.6) is 0 Å². The van der Waals surface area contributed by atoms with E-state index in [2.05, 4.69) is 16.0 Å². The van der Waals surface area contributed by atoms with Crippen LogP contribution in [0.3, 0.4) is 0 Å². The monoisotopic (exact) mass is 449 g/mol. The first-order chi connectivity index (χ1) is 15.0. The molecule has 0 bridgehead atoms. The van der Waals surface area contributed by atoms with Gasteiger partial charge in [-0.3, -0.25) is 14.9 Å². The molecule has 0 aliphatic heterocycles. The Bertz CT molecular complexity index is 1290. The Balaban J connectivity index is 1.44. The Labute approximate surface area is 188 Å². The van der Waals surface area contributed by atoms with Crippen LogP contribution in [-0.2, 0) is 0 Å². The summed E-state index contributed by atoms with van der Waals surface area (Å²) < 4.78 is 5.08. The van der Waals surface area contributed by atoms with Crippen LogP contribution < -0.4 is 16.0 Å². The summed E-state index contributed by atoms with van der Waals surface area (Å²) in [6.07, 6.45) is 1.43. The molecule has 4 rings (SSSR count). The van der Waals surface area contributed by atoms with Gasteiger partial charge in [-0.1, -0.05) is 41.9 Å². The second kappa shape index (κ2) is 8.99. The zero-order valence-electron chi connectivity index (χ0n) is 16.0. The maximum atomic E-state index is 12.8. The highest BCUT2D eigenvalue weighted by Gasteiger charge is 2.13. The molecule has 0 saturated carbocycles. The van der Waals surface area contributed by atoms with Crippen molar-refractivity contribution >= 4 is 62.9 Å². The molecule has 1 heterocycles. The van der Waals surface area contributed by atoms with Crippen molar-refractivity contribution in [1.82, 2.24) is 5.32 Å². The van der Waals surface area contributed by atoms with Gasteiger partial charge in [0.05, 0.1) is 6.26 Å². The van der Waals surface area contributed by atoms with Crippen LogP contribution in [0.25, 0.3) is 10.8 Å². The highest BCUT2D eigenvalue weighted by Crippen LogP contribution is 2.26. The number of benzene rings is 3. The number of anilines is 2. The van der Waals surface area contributed by atoms with E-state index in [0.29, 0.717) is 22.0 Å². The molecule has 0 unspecified atom stereocenters. The largest absolute Gasteiger partial charge is 0.459 e. The molecule has 1 aromatic heterocycles. The molecule has 0 aliphatic carbocycles. The Hall–Kier alpha value is -3.68. The fourth-order valence-corrected chi connectivity index (χ4v) is 3.53. The molecule has 6 nitrogen and oxygen atoms in total. The Kier molecular flexibility index (Phi) is 5.97. The lowest BCUT2D eigenvalue weighted by molar-refractivity contribution is 0.0976. The third-order valence-electron chi connectivity index (χ3n) is 4.46. The number of furan rings is 1. The maximum Gasteiger partial charge on any atom is 0.291 e. The van der Waals surface area contributed by atoms with Crippen LogP contribution in [0.2, 0.25) is 5.02 Å². The number of fused-ring (bicyclic) bond motifs is 1. The Morgan fingerprint density at radius 3 is 2.29 bits per heavy atom. The lowest BCUT2D eigenvalue weighted by Gasteiger charge is -2.12. The van der Waals surface area contributed by atoms with Gasteiger partial charge in [0.1, 0.15) is 0 Å². The standard InChI is InChI=1S/C23H16ClN3O3S/c24-19-10-3-7-16-17(19)8-2-9-18(16)21(28)27-23(31)26-15-6-1-5-14(13-15)25-22(29)20-11-4-12-30-20/h1-13H,(H,25,29)(H2,26,27,28,31). The molecule has 31 heavy (non-hydrogen) atoms. The topological polar surface area (TPSA) is 83.4 Å². The summed E-state index contributed by atoms with van der Waals surface area (Å²) in [6.45, 7) is 0. The van der Waals surface area contributed by atoms with Gasteiger partial charge in [-0.05, 0) is 60.1 Å². The number of nitrogens with one attached hydrogen (secondary N) is 3. The number of thiocarbonyl (C=S) groups is 1. The molecular formula is C23H16ClN3O3S. The first-order valence-electron chi connectivity index (χ1n) is 9.26. The van der Waals surface area contributed by atoms with E-state index in [0.717, 1.165) is 10.8 Å². The van der Waals surface area contributed by atoms with E-state index < -0.39 is 0 Å². The minimum atomic E-state index is -0.368. The van der Waals surface area contributed by atoms with Crippen molar-refractivity contribution in [2.24, 2.45) is 0 Å².